The van der Waals surface area contributed by atoms with E-state index in [1.807, 2.05) is 0 Å². The molecular formula is C13H22N2O4. The van der Waals surface area contributed by atoms with Crippen LogP contribution in [0.2, 0.25) is 0 Å². The maximum Gasteiger partial charge on any atom is 0.317 e. The first-order valence-corrected chi connectivity index (χ1v) is 6.98. The van der Waals surface area contributed by atoms with Gasteiger partial charge in [-0.05, 0) is 37.5 Å². The van der Waals surface area contributed by atoms with E-state index in [-0.39, 0.29) is 25.1 Å². The lowest BCUT2D eigenvalue weighted by Gasteiger charge is -2.32. The molecule has 1 heterocycles. The van der Waals surface area contributed by atoms with Gasteiger partial charge in [-0.15, -0.1) is 0 Å². The van der Waals surface area contributed by atoms with E-state index in [1.54, 1.807) is 4.90 Å². The Morgan fingerprint density at radius 3 is 2.32 bits per heavy atom. The van der Waals surface area contributed by atoms with Crippen molar-refractivity contribution in [2.75, 3.05) is 19.7 Å². The quantitative estimate of drug-likeness (QED) is 0.684. The van der Waals surface area contributed by atoms with Gasteiger partial charge in [0, 0.05) is 25.7 Å². The van der Waals surface area contributed by atoms with Gasteiger partial charge in [0.15, 0.2) is 0 Å². The van der Waals surface area contributed by atoms with E-state index in [2.05, 4.69) is 5.32 Å². The average Bonchev–Trinajstić information content (AvgIpc) is 3.21. The topological polar surface area (TPSA) is 89.9 Å². The zero-order valence-electron chi connectivity index (χ0n) is 11.0. The summed E-state index contributed by atoms with van der Waals surface area (Å²) in [6, 6.07) is -0.393. The van der Waals surface area contributed by atoms with Crippen LogP contribution in [-0.4, -0.2) is 52.9 Å². The zero-order valence-corrected chi connectivity index (χ0v) is 11.0. The fourth-order valence-electron chi connectivity index (χ4n) is 2.59. The molecule has 3 N–H and O–H groups in total. The second-order valence-electron chi connectivity index (χ2n) is 5.60. The molecule has 2 fully saturated rings. The molecule has 1 aliphatic carbocycles. The van der Waals surface area contributed by atoms with Gasteiger partial charge in [-0.25, -0.2) is 4.79 Å². The largest absolute Gasteiger partial charge is 0.481 e. The van der Waals surface area contributed by atoms with Gasteiger partial charge in [-0.2, -0.15) is 0 Å². The SMILES string of the molecule is O=C(O)CC(NC(=O)N1CCC(CO)CC1)C1CC1. The molecule has 6 heteroatoms. The van der Waals surface area contributed by atoms with Gasteiger partial charge in [0.1, 0.15) is 0 Å². The number of urea groups is 1. The Morgan fingerprint density at radius 1 is 1.21 bits per heavy atom. The fraction of sp³-hybridized carbons (Fsp3) is 0.846. The summed E-state index contributed by atoms with van der Waals surface area (Å²) in [5.74, 6) is -0.242. The maximum atomic E-state index is 12.1. The molecule has 2 amide bonds. The average molecular weight is 270 g/mol. The summed E-state index contributed by atoms with van der Waals surface area (Å²) in [4.78, 5) is 24.6. The number of piperidine rings is 1. The number of aliphatic hydroxyl groups is 1. The van der Waals surface area contributed by atoms with Crippen molar-refractivity contribution in [2.24, 2.45) is 11.8 Å². The molecule has 1 atom stereocenters. The van der Waals surface area contributed by atoms with Crippen LogP contribution in [-0.2, 0) is 4.79 Å². The van der Waals surface area contributed by atoms with E-state index < -0.39 is 5.97 Å². The summed E-state index contributed by atoms with van der Waals surface area (Å²) in [7, 11) is 0. The number of aliphatic carboxylic acids is 1. The molecule has 0 radical (unpaired) electrons. The van der Waals surface area contributed by atoms with Crippen LogP contribution in [0.15, 0.2) is 0 Å². The van der Waals surface area contributed by atoms with Crippen molar-refractivity contribution in [1.29, 1.82) is 0 Å². The molecular weight excluding hydrogens is 248 g/mol. The van der Waals surface area contributed by atoms with Crippen molar-refractivity contribution < 1.29 is 19.8 Å². The highest BCUT2D eigenvalue weighted by Gasteiger charge is 2.35. The maximum absolute atomic E-state index is 12.1. The van der Waals surface area contributed by atoms with Crippen LogP contribution in [0.4, 0.5) is 4.79 Å². The van der Waals surface area contributed by atoms with E-state index in [0.29, 0.717) is 24.9 Å². The monoisotopic (exact) mass is 270 g/mol. The van der Waals surface area contributed by atoms with Crippen LogP contribution in [0, 0.1) is 11.8 Å². The summed E-state index contributed by atoms with van der Waals surface area (Å²) in [6.07, 6.45) is 3.65. The summed E-state index contributed by atoms with van der Waals surface area (Å²) in [5, 5.41) is 20.8. The van der Waals surface area contributed by atoms with E-state index in [4.69, 9.17) is 10.2 Å². The van der Waals surface area contributed by atoms with Crippen LogP contribution in [0.3, 0.4) is 0 Å². The van der Waals surface area contributed by atoms with Crippen molar-refractivity contribution in [1.82, 2.24) is 10.2 Å². The Morgan fingerprint density at radius 2 is 1.84 bits per heavy atom. The summed E-state index contributed by atoms with van der Waals surface area (Å²) in [6.45, 7) is 1.46. The Balaban J connectivity index is 1.80. The van der Waals surface area contributed by atoms with Crippen molar-refractivity contribution in [2.45, 2.75) is 38.1 Å². The molecule has 2 aliphatic rings. The molecule has 0 bridgehead atoms. The minimum absolute atomic E-state index is 0.00348. The van der Waals surface area contributed by atoms with Gasteiger partial charge in [-0.3, -0.25) is 4.79 Å². The Labute approximate surface area is 112 Å². The third kappa shape index (κ3) is 4.09. The van der Waals surface area contributed by atoms with E-state index in [9.17, 15) is 9.59 Å². The van der Waals surface area contributed by atoms with Gasteiger partial charge >= 0.3 is 12.0 Å². The predicted molar refractivity (Wildman–Crippen MR) is 68.7 cm³/mol. The van der Waals surface area contributed by atoms with Crippen molar-refractivity contribution in [3.63, 3.8) is 0 Å². The van der Waals surface area contributed by atoms with Crippen LogP contribution >= 0.6 is 0 Å². The molecule has 1 aliphatic heterocycles. The number of carboxylic acids is 1. The number of amides is 2. The highest BCUT2D eigenvalue weighted by atomic mass is 16.4. The second kappa shape index (κ2) is 6.23. The molecule has 0 aromatic carbocycles. The summed E-state index contributed by atoms with van der Waals surface area (Å²) < 4.78 is 0. The lowest BCUT2D eigenvalue weighted by Crippen LogP contribution is -2.49. The smallest absolute Gasteiger partial charge is 0.317 e. The molecule has 108 valence electrons. The molecule has 19 heavy (non-hydrogen) atoms. The van der Waals surface area contributed by atoms with Crippen molar-refractivity contribution >= 4 is 12.0 Å². The first-order valence-electron chi connectivity index (χ1n) is 6.98. The number of aliphatic hydroxyl groups excluding tert-OH is 1. The van der Waals surface area contributed by atoms with E-state index >= 15 is 0 Å². The van der Waals surface area contributed by atoms with Crippen molar-refractivity contribution in [3.8, 4) is 0 Å². The lowest BCUT2D eigenvalue weighted by molar-refractivity contribution is -0.137. The van der Waals surface area contributed by atoms with Gasteiger partial charge in [0.25, 0.3) is 0 Å². The standard InChI is InChI=1S/C13H22N2O4/c16-8-9-3-5-15(6-4-9)13(19)14-11(7-12(17)18)10-1-2-10/h9-11,16H,1-8H2,(H,14,19)(H,17,18). The van der Waals surface area contributed by atoms with Gasteiger partial charge in [0.05, 0.1) is 6.42 Å². The van der Waals surface area contributed by atoms with Crippen molar-refractivity contribution in [3.05, 3.63) is 0 Å². The van der Waals surface area contributed by atoms with Gasteiger partial charge in [-0.1, -0.05) is 0 Å². The summed E-state index contributed by atoms with van der Waals surface area (Å²) >= 11 is 0. The van der Waals surface area contributed by atoms with E-state index in [1.165, 1.54) is 0 Å². The Bertz CT molecular complexity index is 336. The summed E-state index contributed by atoms with van der Waals surface area (Å²) in [5.41, 5.74) is 0. The first kappa shape index (κ1) is 14.1. The highest BCUT2D eigenvalue weighted by molar-refractivity contribution is 5.76. The number of carbonyl (C=O) groups excluding carboxylic acids is 1. The zero-order chi connectivity index (χ0) is 13.8. The molecule has 0 aromatic heterocycles. The molecule has 1 unspecified atom stereocenters. The third-order valence-corrected chi connectivity index (χ3v) is 4.05. The minimum atomic E-state index is -0.865. The predicted octanol–water partition coefficient (Wildman–Crippen LogP) is 0.654. The third-order valence-electron chi connectivity index (χ3n) is 4.05. The van der Waals surface area contributed by atoms with Crippen LogP contribution in [0.1, 0.15) is 32.1 Å². The fourth-order valence-corrected chi connectivity index (χ4v) is 2.59. The first-order chi connectivity index (χ1) is 9.10. The molecule has 1 saturated carbocycles. The minimum Gasteiger partial charge on any atom is -0.481 e. The number of hydrogen-bond acceptors (Lipinski definition) is 3. The molecule has 0 spiro atoms. The Hall–Kier alpha value is -1.30. The number of hydrogen-bond donors (Lipinski definition) is 3. The van der Waals surface area contributed by atoms with E-state index in [0.717, 1.165) is 25.7 Å². The molecule has 6 nitrogen and oxygen atoms in total. The van der Waals surface area contributed by atoms with Gasteiger partial charge < -0.3 is 20.4 Å². The molecule has 0 aromatic rings. The Kier molecular flexibility index (Phi) is 4.63. The second-order valence-corrected chi connectivity index (χ2v) is 5.60. The number of likely N-dealkylation sites (tertiary alicyclic amines) is 1. The lowest BCUT2D eigenvalue weighted by atomic mass is 9.98. The normalized spacial score (nSPS) is 22.1. The number of carbonyl (C=O) groups is 2. The number of nitrogens with one attached hydrogen (secondary N) is 1. The highest BCUT2D eigenvalue weighted by Crippen LogP contribution is 2.34. The van der Waals surface area contributed by atoms with Crippen LogP contribution < -0.4 is 5.32 Å². The number of rotatable bonds is 5. The number of nitrogens with zero attached hydrogens (tertiary/aromatic N) is 1. The van der Waals surface area contributed by atoms with Crippen LogP contribution in [0.25, 0.3) is 0 Å². The number of carboxylic acid groups (broad SMARTS) is 1. The molecule has 2 rings (SSSR count). The molecule has 1 saturated heterocycles. The van der Waals surface area contributed by atoms with Crippen LogP contribution in [0.5, 0.6) is 0 Å². The van der Waals surface area contributed by atoms with Gasteiger partial charge in [0.2, 0.25) is 0 Å².